The van der Waals surface area contributed by atoms with Crippen LogP contribution in [-0.4, -0.2) is 17.1 Å². The number of methoxy groups -OCH3 is 1. The zero-order valence-corrected chi connectivity index (χ0v) is 16.1. The Kier molecular flexibility index (Phi) is 4.43. The van der Waals surface area contributed by atoms with E-state index in [0.29, 0.717) is 28.0 Å². The number of rotatable bonds is 3. The van der Waals surface area contributed by atoms with Crippen molar-refractivity contribution in [3.63, 3.8) is 0 Å². The zero-order valence-electron chi connectivity index (χ0n) is 16.1. The van der Waals surface area contributed by atoms with Crippen LogP contribution in [0.15, 0.2) is 61.4 Å². The Morgan fingerprint density at radius 3 is 2.48 bits per heavy atom. The van der Waals surface area contributed by atoms with Gasteiger partial charge in [0.05, 0.1) is 23.6 Å². The van der Waals surface area contributed by atoms with E-state index in [-0.39, 0.29) is 5.56 Å². The van der Waals surface area contributed by atoms with Crippen LogP contribution in [0.1, 0.15) is 11.1 Å². The standard InChI is InChI=1S/C22H18N2O5/c1-11-4-5-13-9-18(29-21(26)15(13)6-11)16-8-14(7-12(2)19(16)28-3)17-10-23-22(27)24-20(17)25/h4-10H,1-3H3,(H2,23,24,25,27). The maximum atomic E-state index is 12.6. The summed E-state index contributed by atoms with van der Waals surface area (Å²) < 4.78 is 11.1. The van der Waals surface area contributed by atoms with Crippen LogP contribution in [0.3, 0.4) is 0 Å². The molecule has 7 heteroatoms. The highest BCUT2D eigenvalue weighted by Gasteiger charge is 2.17. The van der Waals surface area contributed by atoms with Crippen molar-refractivity contribution in [2.24, 2.45) is 0 Å². The molecule has 0 aliphatic heterocycles. The van der Waals surface area contributed by atoms with Crippen molar-refractivity contribution in [3.8, 4) is 28.2 Å². The van der Waals surface area contributed by atoms with Gasteiger partial charge in [0.25, 0.3) is 5.56 Å². The van der Waals surface area contributed by atoms with Gasteiger partial charge < -0.3 is 14.1 Å². The van der Waals surface area contributed by atoms with Gasteiger partial charge in [-0.3, -0.25) is 9.78 Å². The summed E-state index contributed by atoms with van der Waals surface area (Å²) in [4.78, 5) is 40.8. The smallest absolute Gasteiger partial charge is 0.344 e. The fourth-order valence-electron chi connectivity index (χ4n) is 3.44. The molecule has 0 unspecified atom stereocenters. The lowest BCUT2D eigenvalue weighted by Crippen LogP contribution is -2.22. The summed E-state index contributed by atoms with van der Waals surface area (Å²) in [6.07, 6.45) is 1.35. The molecule has 0 saturated carbocycles. The molecule has 0 fully saturated rings. The molecular weight excluding hydrogens is 372 g/mol. The van der Waals surface area contributed by atoms with Crippen LogP contribution in [0.4, 0.5) is 0 Å². The average molecular weight is 390 g/mol. The molecular formula is C22H18N2O5. The van der Waals surface area contributed by atoms with Gasteiger partial charge in [0, 0.05) is 6.20 Å². The van der Waals surface area contributed by atoms with Crippen molar-refractivity contribution in [2.75, 3.05) is 7.11 Å². The quantitative estimate of drug-likeness (QED) is 0.559. The second-order valence-electron chi connectivity index (χ2n) is 6.85. The number of ether oxygens (including phenoxy) is 1. The zero-order chi connectivity index (χ0) is 20.7. The van der Waals surface area contributed by atoms with Crippen LogP contribution < -0.4 is 21.6 Å². The van der Waals surface area contributed by atoms with Crippen LogP contribution in [0.2, 0.25) is 0 Å². The van der Waals surface area contributed by atoms with E-state index >= 15 is 0 Å². The van der Waals surface area contributed by atoms with Crippen LogP contribution >= 0.6 is 0 Å². The van der Waals surface area contributed by atoms with Crippen LogP contribution in [0.5, 0.6) is 5.75 Å². The predicted octanol–water partition coefficient (Wildman–Crippen LogP) is 3.13. The van der Waals surface area contributed by atoms with Gasteiger partial charge in [0.15, 0.2) is 0 Å². The second kappa shape index (κ2) is 6.94. The molecule has 2 aromatic carbocycles. The number of nitrogens with one attached hydrogen (secondary N) is 2. The molecule has 2 aromatic heterocycles. The van der Waals surface area contributed by atoms with E-state index in [2.05, 4.69) is 9.97 Å². The topological polar surface area (TPSA) is 105 Å². The summed E-state index contributed by atoms with van der Waals surface area (Å²) in [5.41, 5.74) is 1.54. The van der Waals surface area contributed by atoms with E-state index in [9.17, 15) is 14.4 Å². The minimum atomic E-state index is -0.583. The predicted molar refractivity (Wildman–Crippen MR) is 111 cm³/mol. The molecule has 0 bridgehead atoms. The fraction of sp³-hybridized carbons (Fsp3) is 0.136. The van der Waals surface area contributed by atoms with Gasteiger partial charge in [-0.2, -0.15) is 0 Å². The van der Waals surface area contributed by atoms with Gasteiger partial charge in [0.1, 0.15) is 11.5 Å². The highest BCUT2D eigenvalue weighted by atomic mass is 16.5. The summed E-state index contributed by atoms with van der Waals surface area (Å²) in [5.74, 6) is 0.859. The van der Waals surface area contributed by atoms with E-state index < -0.39 is 16.9 Å². The Morgan fingerprint density at radius 1 is 0.966 bits per heavy atom. The molecule has 0 radical (unpaired) electrons. The van der Waals surface area contributed by atoms with Crippen molar-refractivity contribution in [2.45, 2.75) is 13.8 Å². The molecule has 2 N–H and O–H groups in total. The molecule has 0 atom stereocenters. The minimum absolute atomic E-state index is 0.287. The van der Waals surface area contributed by atoms with Crippen molar-refractivity contribution >= 4 is 10.8 Å². The van der Waals surface area contributed by atoms with E-state index in [4.69, 9.17) is 9.15 Å². The second-order valence-corrected chi connectivity index (χ2v) is 6.85. The first-order chi connectivity index (χ1) is 13.9. The first kappa shape index (κ1) is 18.5. The molecule has 7 nitrogen and oxygen atoms in total. The lowest BCUT2D eigenvalue weighted by Gasteiger charge is -2.14. The van der Waals surface area contributed by atoms with Gasteiger partial charge in [-0.25, -0.2) is 9.59 Å². The summed E-state index contributed by atoms with van der Waals surface area (Å²) in [6, 6.07) is 10.8. The Labute approximate surface area is 164 Å². The molecule has 0 spiro atoms. The van der Waals surface area contributed by atoms with E-state index in [1.807, 2.05) is 26.0 Å². The Hall–Kier alpha value is -3.87. The summed E-state index contributed by atoms with van der Waals surface area (Å²) in [7, 11) is 1.53. The Morgan fingerprint density at radius 2 is 1.76 bits per heavy atom. The summed E-state index contributed by atoms with van der Waals surface area (Å²) >= 11 is 0. The molecule has 0 aliphatic carbocycles. The van der Waals surface area contributed by atoms with Crippen LogP contribution in [0.25, 0.3) is 33.2 Å². The Balaban J connectivity index is 2.00. The number of hydrogen-bond donors (Lipinski definition) is 2. The van der Waals surface area contributed by atoms with E-state index in [0.717, 1.165) is 16.5 Å². The highest BCUT2D eigenvalue weighted by molar-refractivity contribution is 5.86. The van der Waals surface area contributed by atoms with Crippen molar-refractivity contribution in [1.82, 2.24) is 9.97 Å². The molecule has 29 heavy (non-hydrogen) atoms. The number of aryl methyl sites for hydroxylation is 2. The molecule has 0 aliphatic rings. The first-order valence-corrected chi connectivity index (χ1v) is 8.93. The largest absolute Gasteiger partial charge is 0.496 e. The third-order valence-corrected chi connectivity index (χ3v) is 4.79. The van der Waals surface area contributed by atoms with Gasteiger partial charge in [-0.15, -0.1) is 0 Å². The summed E-state index contributed by atoms with van der Waals surface area (Å²) in [5, 5.41) is 1.24. The maximum absolute atomic E-state index is 12.6. The number of aromatic amines is 2. The van der Waals surface area contributed by atoms with E-state index in [1.54, 1.807) is 24.3 Å². The molecule has 0 saturated heterocycles. The van der Waals surface area contributed by atoms with Crippen molar-refractivity contribution in [3.05, 3.63) is 85.0 Å². The lowest BCUT2D eigenvalue weighted by molar-refractivity contribution is 0.411. The SMILES string of the molecule is COc1c(C)cc(-c2c[nH]c(=O)[nH]c2=O)cc1-c1cc2ccc(C)cc2c(=O)o1. The lowest BCUT2D eigenvalue weighted by atomic mass is 9.98. The normalized spacial score (nSPS) is 11.0. The fourth-order valence-corrected chi connectivity index (χ4v) is 3.44. The number of fused-ring (bicyclic) bond motifs is 1. The minimum Gasteiger partial charge on any atom is -0.496 e. The monoisotopic (exact) mass is 390 g/mol. The van der Waals surface area contributed by atoms with Crippen molar-refractivity contribution in [1.29, 1.82) is 0 Å². The van der Waals surface area contributed by atoms with E-state index in [1.165, 1.54) is 13.3 Å². The van der Waals surface area contributed by atoms with Gasteiger partial charge >= 0.3 is 11.3 Å². The first-order valence-electron chi connectivity index (χ1n) is 8.93. The third kappa shape index (κ3) is 3.27. The molecule has 4 rings (SSSR count). The third-order valence-electron chi connectivity index (χ3n) is 4.79. The van der Waals surface area contributed by atoms with Crippen molar-refractivity contribution < 1.29 is 9.15 Å². The van der Waals surface area contributed by atoms with Crippen LogP contribution in [-0.2, 0) is 0 Å². The molecule has 4 aromatic rings. The molecule has 0 amide bonds. The highest BCUT2D eigenvalue weighted by Crippen LogP contribution is 2.37. The molecule has 146 valence electrons. The van der Waals surface area contributed by atoms with Gasteiger partial charge in [-0.1, -0.05) is 17.7 Å². The maximum Gasteiger partial charge on any atom is 0.344 e. The number of hydrogen-bond acceptors (Lipinski definition) is 5. The number of H-pyrrole nitrogens is 2. The Bertz CT molecular complexity index is 1430. The van der Waals surface area contributed by atoms with Gasteiger partial charge in [0.2, 0.25) is 0 Å². The summed E-state index contributed by atoms with van der Waals surface area (Å²) in [6.45, 7) is 3.73. The number of benzene rings is 2. The van der Waals surface area contributed by atoms with Gasteiger partial charge in [-0.05, 0) is 54.6 Å². The average Bonchev–Trinajstić information content (AvgIpc) is 2.67. The number of aromatic nitrogens is 2. The molecule has 2 heterocycles. The van der Waals surface area contributed by atoms with Crippen LogP contribution in [0, 0.1) is 13.8 Å².